The predicted octanol–water partition coefficient (Wildman–Crippen LogP) is 2.82. The summed E-state index contributed by atoms with van der Waals surface area (Å²) in [5.41, 5.74) is 0.439. The summed E-state index contributed by atoms with van der Waals surface area (Å²) in [4.78, 5) is 13.4. The first-order chi connectivity index (χ1) is 10.5. The zero-order valence-electron chi connectivity index (χ0n) is 11.9. The van der Waals surface area contributed by atoms with Gasteiger partial charge in [-0.1, -0.05) is 0 Å². The Balaban J connectivity index is 2.08. The van der Waals surface area contributed by atoms with Crippen LogP contribution in [0.3, 0.4) is 0 Å². The molecular formula is C16H15F2NO3. The van der Waals surface area contributed by atoms with E-state index in [0.717, 1.165) is 12.1 Å². The molecule has 1 amide bonds. The molecule has 0 aromatic heterocycles. The number of nitrogens with zero attached hydrogens (tertiary/aromatic N) is 1. The summed E-state index contributed by atoms with van der Waals surface area (Å²) in [6.45, 7) is 0.130. The highest BCUT2D eigenvalue weighted by Gasteiger charge is 2.11. The number of carbonyl (C=O) groups excluding carboxylic acids is 1. The van der Waals surface area contributed by atoms with Gasteiger partial charge in [-0.3, -0.25) is 4.79 Å². The van der Waals surface area contributed by atoms with Crippen LogP contribution < -0.4 is 4.74 Å². The van der Waals surface area contributed by atoms with Gasteiger partial charge in [-0.2, -0.15) is 0 Å². The molecule has 2 rings (SSSR count). The Kier molecular flexibility index (Phi) is 5.06. The smallest absolute Gasteiger partial charge is 0.253 e. The van der Waals surface area contributed by atoms with Crippen LogP contribution in [-0.2, 0) is 0 Å². The molecule has 6 heteroatoms. The van der Waals surface area contributed by atoms with Gasteiger partial charge in [0.05, 0.1) is 6.61 Å². The van der Waals surface area contributed by atoms with E-state index in [1.54, 1.807) is 31.3 Å². The molecule has 22 heavy (non-hydrogen) atoms. The normalized spacial score (nSPS) is 10.4. The predicted molar refractivity (Wildman–Crippen MR) is 76.9 cm³/mol. The second kappa shape index (κ2) is 7.00. The molecule has 2 aromatic carbocycles. The van der Waals surface area contributed by atoms with Gasteiger partial charge >= 0.3 is 0 Å². The quantitative estimate of drug-likeness (QED) is 0.924. The summed E-state index contributed by atoms with van der Waals surface area (Å²) in [6.07, 6.45) is 0. The average Bonchev–Trinajstić information content (AvgIpc) is 2.51. The summed E-state index contributed by atoms with van der Waals surface area (Å²) in [5.74, 6) is -1.61. The van der Waals surface area contributed by atoms with E-state index in [9.17, 15) is 13.6 Å². The van der Waals surface area contributed by atoms with E-state index in [1.807, 2.05) is 0 Å². The van der Waals surface area contributed by atoms with Gasteiger partial charge in [0.2, 0.25) is 0 Å². The van der Waals surface area contributed by atoms with Crippen LogP contribution in [0.5, 0.6) is 11.5 Å². The van der Waals surface area contributed by atoms with Crippen molar-refractivity contribution in [3.63, 3.8) is 0 Å². The van der Waals surface area contributed by atoms with E-state index < -0.39 is 11.6 Å². The molecule has 0 aliphatic rings. The van der Waals surface area contributed by atoms with Crippen LogP contribution in [0.1, 0.15) is 10.4 Å². The third kappa shape index (κ3) is 3.79. The first-order valence-electron chi connectivity index (χ1n) is 6.60. The van der Waals surface area contributed by atoms with Crippen molar-refractivity contribution in [1.29, 1.82) is 0 Å². The summed E-state index contributed by atoms with van der Waals surface area (Å²) in [6, 6.07) is 9.47. The number of rotatable bonds is 5. The van der Waals surface area contributed by atoms with E-state index in [-0.39, 0.29) is 24.8 Å². The molecule has 0 saturated carbocycles. The van der Waals surface area contributed by atoms with E-state index in [1.165, 1.54) is 11.0 Å². The number of hydrogen-bond donors (Lipinski definition) is 1. The Labute approximate surface area is 126 Å². The molecule has 116 valence electrons. The molecule has 2 aromatic rings. The second-order valence-corrected chi connectivity index (χ2v) is 4.65. The number of halogens is 2. The highest BCUT2D eigenvalue weighted by Crippen LogP contribution is 2.23. The summed E-state index contributed by atoms with van der Waals surface area (Å²) in [5, 5.41) is 8.81. The largest absolute Gasteiger partial charge is 0.457 e. The summed E-state index contributed by atoms with van der Waals surface area (Å²) in [7, 11) is 1.59. The van der Waals surface area contributed by atoms with Crippen molar-refractivity contribution in [2.45, 2.75) is 0 Å². The maximum Gasteiger partial charge on any atom is 0.253 e. The standard InChI is InChI=1S/C16H15F2NO3/c1-19(8-9-20)16(21)11-2-4-12(5-3-11)22-13-6-7-14(17)15(18)10-13/h2-7,10,20H,8-9H2,1H3. The van der Waals surface area contributed by atoms with Crippen molar-refractivity contribution in [1.82, 2.24) is 4.90 Å². The Hall–Kier alpha value is -2.47. The lowest BCUT2D eigenvalue weighted by molar-refractivity contribution is 0.0767. The van der Waals surface area contributed by atoms with Crippen molar-refractivity contribution < 1.29 is 23.4 Å². The molecule has 0 aliphatic heterocycles. The fourth-order valence-electron chi connectivity index (χ4n) is 1.81. The molecule has 1 N–H and O–H groups in total. The Morgan fingerprint density at radius 1 is 1.09 bits per heavy atom. The molecule has 0 aliphatic carbocycles. The number of hydrogen-bond acceptors (Lipinski definition) is 3. The lowest BCUT2D eigenvalue weighted by Crippen LogP contribution is -2.29. The zero-order valence-corrected chi connectivity index (χ0v) is 11.9. The fourth-order valence-corrected chi connectivity index (χ4v) is 1.81. The molecule has 0 fully saturated rings. The number of likely N-dealkylation sites (N-methyl/N-ethyl adjacent to an activating group) is 1. The third-order valence-corrected chi connectivity index (χ3v) is 3.01. The number of amides is 1. The van der Waals surface area contributed by atoms with Crippen molar-refractivity contribution in [2.75, 3.05) is 20.2 Å². The summed E-state index contributed by atoms with van der Waals surface area (Å²) < 4.78 is 31.3. The first-order valence-corrected chi connectivity index (χ1v) is 6.60. The van der Waals surface area contributed by atoms with Gasteiger partial charge in [-0.05, 0) is 36.4 Å². The maximum atomic E-state index is 13.1. The van der Waals surface area contributed by atoms with Crippen LogP contribution in [-0.4, -0.2) is 36.1 Å². The Morgan fingerprint density at radius 2 is 1.73 bits per heavy atom. The van der Waals surface area contributed by atoms with Gasteiger partial charge in [0.25, 0.3) is 5.91 Å². The topological polar surface area (TPSA) is 49.8 Å². The monoisotopic (exact) mass is 307 g/mol. The lowest BCUT2D eigenvalue weighted by atomic mass is 10.2. The molecule has 0 radical (unpaired) electrons. The van der Waals surface area contributed by atoms with E-state index in [4.69, 9.17) is 9.84 Å². The molecule has 0 spiro atoms. The van der Waals surface area contributed by atoms with Crippen molar-refractivity contribution in [2.24, 2.45) is 0 Å². The van der Waals surface area contributed by atoms with Gasteiger partial charge < -0.3 is 14.7 Å². The average molecular weight is 307 g/mol. The van der Waals surface area contributed by atoms with Crippen LogP contribution >= 0.6 is 0 Å². The number of benzene rings is 2. The van der Waals surface area contributed by atoms with Crippen molar-refractivity contribution in [3.8, 4) is 11.5 Å². The highest BCUT2D eigenvalue weighted by atomic mass is 19.2. The van der Waals surface area contributed by atoms with Gasteiger partial charge in [0.15, 0.2) is 11.6 Å². The van der Waals surface area contributed by atoms with Crippen molar-refractivity contribution >= 4 is 5.91 Å². The van der Waals surface area contributed by atoms with Crippen molar-refractivity contribution in [3.05, 3.63) is 59.7 Å². The van der Waals surface area contributed by atoms with Crippen LogP contribution in [0.4, 0.5) is 8.78 Å². The van der Waals surface area contributed by atoms with Crippen LogP contribution in [0.2, 0.25) is 0 Å². The van der Waals surface area contributed by atoms with Gasteiger partial charge in [-0.25, -0.2) is 8.78 Å². The third-order valence-electron chi connectivity index (χ3n) is 3.01. The zero-order chi connectivity index (χ0) is 16.1. The highest BCUT2D eigenvalue weighted by molar-refractivity contribution is 5.94. The lowest BCUT2D eigenvalue weighted by Gasteiger charge is -2.15. The second-order valence-electron chi connectivity index (χ2n) is 4.65. The van der Waals surface area contributed by atoms with E-state index in [2.05, 4.69) is 0 Å². The Bertz CT molecular complexity index is 659. The maximum absolute atomic E-state index is 13.1. The van der Waals surface area contributed by atoms with Gasteiger partial charge in [-0.15, -0.1) is 0 Å². The van der Waals surface area contributed by atoms with Gasteiger partial charge in [0.1, 0.15) is 11.5 Å². The van der Waals surface area contributed by atoms with E-state index in [0.29, 0.717) is 11.3 Å². The first kappa shape index (κ1) is 15.9. The molecule has 4 nitrogen and oxygen atoms in total. The molecular weight excluding hydrogens is 292 g/mol. The molecule has 0 saturated heterocycles. The molecule has 0 bridgehead atoms. The molecule has 0 unspecified atom stereocenters. The summed E-state index contributed by atoms with van der Waals surface area (Å²) >= 11 is 0. The number of ether oxygens (including phenoxy) is 1. The van der Waals surface area contributed by atoms with Gasteiger partial charge in [0, 0.05) is 25.2 Å². The SMILES string of the molecule is CN(CCO)C(=O)c1ccc(Oc2ccc(F)c(F)c2)cc1. The van der Waals surface area contributed by atoms with Crippen LogP contribution in [0.15, 0.2) is 42.5 Å². The van der Waals surface area contributed by atoms with Crippen LogP contribution in [0, 0.1) is 11.6 Å². The number of aliphatic hydroxyl groups is 1. The minimum absolute atomic E-state index is 0.112. The number of carbonyl (C=O) groups is 1. The van der Waals surface area contributed by atoms with E-state index >= 15 is 0 Å². The Morgan fingerprint density at radius 3 is 2.32 bits per heavy atom. The molecule has 0 atom stereocenters. The number of aliphatic hydroxyl groups excluding tert-OH is 1. The molecule has 0 heterocycles. The fraction of sp³-hybridized carbons (Fsp3) is 0.188. The minimum atomic E-state index is -0.991. The van der Waals surface area contributed by atoms with Crippen LogP contribution in [0.25, 0.3) is 0 Å². The minimum Gasteiger partial charge on any atom is -0.457 e.